The summed E-state index contributed by atoms with van der Waals surface area (Å²) < 4.78 is 0. The minimum atomic E-state index is 0.251. The highest BCUT2D eigenvalue weighted by molar-refractivity contribution is 5.30. The fourth-order valence-corrected chi connectivity index (χ4v) is 4.52. The van der Waals surface area contributed by atoms with Crippen molar-refractivity contribution in [3.05, 3.63) is 84.4 Å². The Labute approximate surface area is 164 Å². The summed E-state index contributed by atoms with van der Waals surface area (Å²) in [7, 11) is 8.59. The van der Waals surface area contributed by atoms with Crippen LogP contribution in [0.1, 0.15) is 29.6 Å². The lowest BCUT2D eigenvalue weighted by Crippen LogP contribution is -2.54. The molecule has 2 aromatic carbocycles. The van der Waals surface area contributed by atoms with Crippen LogP contribution in [0.15, 0.2) is 73.3 Å². The highest BCUT2D eigenvalue weighted by Crippen LogP contribution is 2.46. The predicted molar refractivity (Wildman–Crippen MR) is 113 cm³/mol. The standard InChI is InChI=1S/C23H32N4/c1-6-13-20(24-25(2)3)23-26(4)21(18-14-9-7-10-15-18)22(27(23)5)19-16-11-8-12-17-19/h6-12,14-17,20-24H,1,13H2,2-5H3/t20?,21-,22-/m0/s1. The molecule has 4 nitrogen and oxygen atoms in total. The van der Waals surface area contributed by atoms with Gasteiger partial charge in [0.25, 0.3) is 0 Å². The third-order valence-electron chi connectivity index (χ3n) is 5.50. The summed E-state index contributed by atoms with van der Waals surface area (Å²) in [6.45, 7) is 3.99. The van der Waals surface area contributed by atoms with Crippen molar-refractivity contribution in [1.82, 2.24) is 20.2 Å². The average Bonchev–Trinajstić information content (AvgIpc) is 2.93. The molecule has 4 heteroatoms. The van der Waals surface area contributed by atoms with Crippen molar-refractivity contribution in [3.63, 3.8) is 0 Å². The monoisotopic (exact) mass is 364 g/mol. The minimum Gasteiger partial charge on any atom is -0.281 e. The van der Waals surface area contributed by atoms with E-state index < -0.39 is 0 Å². The Balaban J connectivity index is 2.03. The number of rotatable bonds is 7. The second-order valence-electron chi connectivity index (χ2n) is 7.61. The Morgan fingerprint density at radius 2 is 1.37 bits per heavy atom. The van der Waals surface area contributed by atoms with Gasteiger partial charge in [-0.15, -0.1) is 6.58 Å². The molecule has 0 amide bonds. The zero-order valence-electron chi connectivity index (χ0n) is 16.9. The molecule has 0 bridgehead atoms. The Bertz CT molecular complexity index is 664. The van der Waals surface area contributed by atoms with Gasteiger partial charge in [0.15, 0.2) is 0 Å². The van der Waals surface area contributed by atoms with Gasteiger partial charge in [-0.3, -0.25) is 14.8 Å². The van der Waals surface area contributed by atoms with Crippen molar-refractivity contribution >= 4 is 0 Å². The second kappa shape index (κ2) is 8.81. The Morgan fingerprint density at radius 1 is 0.926 bits per heavy atom. The molecule has 3 rings (SSSR count). The average molecular weight is 365 g/mol. The van der Waals surface area contributed by atoms with Crippen LogP contribution in [0.5, 0.6) is 0 Å². The van der Waals surface area contributed by atoms with Crippen molar-refractivity contribution in [2.24, 2.45) is 0 Å². The number of hydrazine groups is 1. The van der Waals surface area contributed by atoms with Crippen LogP contribution in [-0.2, 0) is 0 Å². The topological polar surface area (TPSA) is 21.8 Å². The third kappa shape index (κ3) is 4.14. The molecule has 0 aliphatic carbocycles. The second-order valence-corrected chi connectivity index (χ2v) is 7.61. The van der Waals surface area contributed by atoms with Gasteiger partial charge in [-0.25, -0.2) is 5.43 Å². The van der Waals surface area contributed by atoms with Crippen LogP contribution in [0, 0.1) is 0 Å². The highest BCUT2D eigenvalue weighted by atomic mass is 15.5. The zero-order chi connectivity index (χ0) is 19.4. The van der Waals surface area contributed by atoms with Crippen LogP contribution in [0.4, 0.5) is 0 Å². The predicted octanol–water partition coefficient (Wildman–Crippen LogP) is 3.68. The maximum Gasteiger partial charge on any atom is 0.0804 e. The SMILES string of the molecule is C=CCC(NN(C)C)C1N(C)[C@@H](c2ccccc2)[C@H](c2ccccc2)N1C. The summed E-state index contributed by atoms with van der Waals surface area (Å²) in [5, 5.41) is 2.04. The van der Waals surface area contributed by atoms with E-state index in [1.807, 2.05) is 25.2 Å². The number of nitrogens with zero attached hydrogens (tertiary/aromatic N) is 3. The van der Waals surface area contributed by atoms with Gasteiger partial charge >= 0.3 is 0 Å². The van der Waals surface area contributed by atoms with Crippen molar-refractivity contribution in [3.8, 4) is 0 Å². The van der Waals surface area contributed by atoms with Gasteiger partial charge in [-0.1, -0.05) is 66.7 Å². The fourth-order valence-electron chi connectivity index (χ4n) is 4.52. The minimum absolute atomic E-state index is 0.251. The lowest BCUT2D eigenvalue weighted by Gasteiger charge is -2.36. The molecule has 0 saturated carbocycles. The van der Waals surface area contributed by atoms with E-state index in [0.29, 0.717) is 12.1 Å². The van der Waals surface area contributed by atoms with Crippen LogP contribution in [0.2, 0.25) is 0 Å². The van der Waals surface area contributed by atoms with E-state index in [4.69, 9.17) is 0 Å². The van der Waals surface area contributed by atoms with Crippen LogP contribution < -0.4 is 5.43 Å². The largest absolute Gasteiger partial charge is 0.281 e. The molecular formula is C23H32N4. The molecule has 1 heterocycles. The first kappa shape index (κ1) is 19.8. The summed E-state index contributed by atoms with van der Waals surface area (Å²) >= 11 is 0. The quantitative estimate of drug-likeness (QED) is 0.597. The first-order valence-electron chi connectivity index (χ1n) is 9.62. The van der Waals surface area contributed by atoms with Gasteiger partial charge < -0.3 is 0 Å². The molecule has 0 aromatic heterocycles. The van der Waals surface area contributed by atoms with E-state index >= 15 is 0 Å². The van der Waals surface area contributed by atoms with E-state index in [-0.39, 0.29) is 12.2 Å². The number of nitrogens with one attached hydrogen (secondary N) is 1. The molecule has 1 aliphatic heterocycles. The van der Waals surface area contributed by atoms with E-state index in [1.54, 1.807) is 0 Å². The molecule has 1 aliphatic rings. The number of likely N-dealkylation sites (N-methyl/N-ethyl adjacent to an activating group) is 2. The van der Waals surface area contributed by atoms with E-state index in [9.17, 15) is 0 Å². The summed E-state index contributed by atoms with van der Waals surface area (Å²) in [5.74, 6) is 0. The van der Waals surface area contributed by atoms with Crippen LogP contribution >= 0.6 is 0 Å². The highest BCUT2D eigenvalue weighted by Gasteiger charge is 2.47. The van der Waals surface area contributed by atoms with Crippen molar-refractivity contribution in [2.75, 3.05) is 28.2 Å². The molecular weight excluding hydrogens is 332 g/mol. The molecule has 1 N–H and O–H groups in total. The van der Waals surface area contributed by atoms with Gasteiger partial charge in [0.1, 0.15) is 0 Å². The third-order valence-corrected chi connectivity index (χ3v) is 5.50. The first-order chi connectivity index (χ1) is 13.0. The Hall–Kier alpha value is -1.98. The van der Waals surface area contributed by atoms with E-state index in [2.05, 4.69) is 96.6 Å². The number of benzene rings is 2. The molecule has 1 saturated heterocycles. The lowest BCUT2D eigenvalue weighted by molar-refractivity contribution is 0.0802. The fraction of sp³-hybridized carbons (Fsp3) is 0.391. The van der Waals surface area contributed by atoms with E-state index in [1.165, 1.54) is 11.1 Å². The van der Waals surface area contributed by atoms with E-state index in [0.717, 1.165) is 6.42 Å². The summed E-state index contributed by atoms with van der Waals surface area (Å²) in [6, 6.07) is 22.5. The molecule has 27 heavy (non-hydrogen) atoms. The van der Waals surface area contributed by atoms with Gasteiger partial charge in [0.2, 0.25) is 0 Å². The molecule has 2 aromatic rings. The van der Waals surface area contributed by atoms with Crippen LogP contribution in [-0.4, -0.2) is 55.2 Å². The Kier molecular flexibility index (Phi) is 6.45. The van der Waals surface area contributed by atoms with Crippen LogP contribution in [0.3, 0.4) is 0 Å². The normalized spacial score (nSPS) is 23.0. The zero-order valence-corrected chi connectivity index (χ0v) is 16.9. The van der Waals surface area contributed by atoms with Crippen LogP contribution in [0.25, 0.3) is 0 Å². The maximum atomic E-state index is 3.99. The molecule has 1 unspecified atom stereocenters. The number of hydrogen-bond acceptors (Lipinski definition) is 4. The van der Waals surface area contributed by atoms with Crippen molar-refractivity contribution < 1.29 is 0 Å². The molecule has 1 fully saturated rings. The first-order valence-corrected chi connectivity index (χ1v) is 9.62. The molecule has 144 valence electrons. The summed E-state index contributed by atoms with van der Waals surface area (Å²) in [6.07, 6.45) is 3.16. The van der Waals surface area contributed by atoms with Crippen molar-refractivity contribution in [2.45, 2.75) is 30.7 Å². The van der Waals surface area contributed by atoms with Gasteiger partial charge in [-0.05, 0) is 31.6 Å². The van der Waals surface area contributed by atoms with Gasteiger partial charge in [0, 0.05) is 14.1 Å². The van der Waals surface area contributed by atoms with Gasteiger partial charge in [-0.2, -0.15) is 0 Å². The number of hydrogen-bond donors (Lipinski definition) is 1. The smallest absolute Gasteiger partial charge is 0.0804 e. The summed E-state index contributed by atoms with van der Waals surface area (Å²) in [5.41, 5.74) is 6.31. The maximum absolute atomic E-state index is 3.99. The van der Waals surface area contributed by atoms with Crippen molar-refractivity contribution in [1.29, 1.82) is 0 Å². The molecule has 0 spiro atoms. The van der Waals surface area contributed by atoms with Gasteiger partial charge in [0.05, 0.1) is 24.3 Å². The summed E-state index contributed by atoms with van der Waals surface area (Å²) in [4.78, 5) is 5.02. The lowest BCUT2D eigenvalue weighted by atomic mass is 9.93. The molecule has 0 radical (unpaired) electrons. The Morgan fingerprint density at radius 3 is 1.74 bits per heavy atom. The molecule has 3 atom stereocenters.